The van der Waals surface area contributed by atoms with Crippen LogP contribution in [0.5, 0.6) is 0 Å². The van der Waals surface area contributed by atoms with Crippen LogP contribution < -0.4 is 5.32 Å². The van der Waals surface area contributed by atoms with E-state index in [4.69, 9.17) is 9.47 Å². The van der Waals surface area contributed by atoms with Gasteiger partial charge in [-0.05, 0) is 26.7 Å². The first-order chi connectivity index (χ1) is 14.1. The van der Waals surface area contributed by atoms with Gasteiger partial charge in [-0.1, -0.05) is 35.4 Å². The van der Waals surface area contributed by atoms with Gasteiger partial charge in [0.25, 0.3) is 11.8 Å². The molecule has 1 aliphatic heterocycles. The van der Waals surface area contributed by atoms with Crippen LogP contribution in [0.2, 0.25) is 0 Å². The van der Waals surface area contributed by atoms with Crippen molar-refractivity contribution in [2.24, 2.45) is 5.92 Å². The molecule has 0 saturated carbocycles. The highest BCUT2D eigenvalue weighted by atomic mass is 33.1. The van der Waals surface area contributed by atoms with Crippen LogP contribution in [0, 0.1) is 5.92 Å². The largest absolute Gasteiger partial charge is 0.464 e. The van der Waals surface area contributed by atoms with E-state index in [9.17, 15) is 19.2 Å². The van der Waals surface area contributed by atoms with E-state index in [1.807, 2.05) is 13.8 Å². The van der Waals surface area contributed by atoms with Gasteiger partial charge in [-0.15, -0.1) is 0 Å². The average molecular weight is 461 g/mol. The zero-order chi connectivity index (χ0) is 22.6. The molecule has 0 aromatic carbocycles. The lowest BCUT2D eigenvalue weighted by atomic mass is 10.2. The van der Waals surface area contributed by atoms with Crippen molar-refractivity contribution in [3.63, 3.8) is 0 Å². The van der Waals surface area contributed by atoms with Crippen LogP contribution in [-0.4, -0.2) is 72.0 Å². The molecule has 0 atom stereocenters. The molecule has 10 heteroatoms. The number of hydrogen-bond acceptors (Lipinski definition) is 8. The fourth-order valence-corrected chi connectivity index (χ4v) is 4.60. The quantitative estimate of drug-likeness (QED) is 0.172. The van der Waals surface area contributed by atoms with E-state index in [0.29, 0.717) is 32.8 Å². The Kier molecular flexibility index (Phi) is 12.1. The van der Waals surface area contributed by atoms with Crippen LogP contribution in [0.1, 0.15) is 40.5 Å². The molecule has 30 heavy (non-hydrogen) atoms. The zero-order valence-electron chi connectivity index (χ0n) is 18.1. The summed E-state index contributed by atoms with van der Waals surface area (Å²) < 4.78 is 10.7. The summed E-state index contributed by atoms with van der Waals surface area (Å²) in [4.78, 5) is 46.9. The molecule has 0 aliphatic carbocycles. The molecule has 1 heterocycles. The lowest BCUT2D eigenvalue weighted by Crippen LogP contribution is -2.40. The number of nitrogens with zero attached hydrogens (tertiary/aromatic N) is 1. The first-order valence-corrected chi connectivity index (χ1v) is 12.3. The van der Waals surface area contributed by atoms with Crippen molar-refractivity contribution in [1.82, 2.24) is 10.2 Å². The van der Waals surface area contributed by atoms with Crippen molar-refractivity contribution in [2.45, 2.75) is 45.3 Å². The Morgan fingerprint density at radius 2 is 1.77 bits per heavy atom. The third-order valence-electron chi connectivity index (χ3n) is 3.82. The molecule has 0 unspecified atom stereocenters. The molecule has 1 rings (SSSR count). The van der Waals surface area contributed by atoms with Crippen molar-refractivity contribution >= 4 is 45.3 Å². The van der Waals surface area contributed by atoms with Gasteiger partial charge >= 0.3 is 5.97 Å². The normalized spacial score (nSPS) is 14.0. The van der Waals surface area contributed by atoms with Gasteiger partial charge in [0.15, 0.2) is 0 Å². The second-order valence-electron chi connectivity index (χ2n) is 7.69. The molecule has 170 valence electrons. The minimum absolute atomic E-state index is 0.111. The van der Waals surface area contributed by atoms with Gasteiger partial charge in [0.1, 0.15) is 13.2 Å². The molecule has 0 saturated heterocycles. The number of hydrogen-bond donors (Lipinski definition) is 1. The maximum atomic E-state index is 11.7. The number of rotatable bonds is 15. The summed E-state index contributed by atoms with van der Waals surface area (Å²) in [7, 11) is 3.43. The Morgan fingerprint density at radius 3 is 2.40 bits per heavy atom. The Bertz CT molecular complexity index is 619. The van der Waals surface area contributed by atoms with E-state index in [1.54, 1.807) is 21.6 Å². The zero-order valence-corrected chi connectivity index (χ0v) is 19.7. The third kappa shape index (κ3) is 11.0. The molecular weight excluding hydrogens is 428 g/mol. The van der Waals surface area contributed by atoms with Gasteiger partial charge in [-0.2, -0.15) is 0 Å². The van der Waals surface area contributed by atoms with Crippen LogP contribution in [0.25, 0.3) is 0 Å². The van der Waals surface area contributed by atoms with Crippen LogP contribution in [0.3, 0.4) is 0 Å². The molecule has 8 nitrogen and oxygen atoms in total. The van der Waals surface area contributed by atoms with E-state index < -0.39 is 11.8 Å². The van der Waals surface area contributed by atoms with Gasteiger partial charge in [0.2, 0.25) is 5.91 Å². The number of carbonyl (C=O) groups is 4. The fraction of sp³-hybridized carbons (Fsp3) is 0.700. The fourth-order valence-electron chi connectivity index (χ4n) is 2.15. The monoisotopic (exact) mass is 460 g/mol. The Balaban J connectivity index is 1.96. The second kappa shape index (κ2) is 13.7. The van der Waals surface area contributed by atoms with Gasteiger partial charge in [0, 0.05) is 37.7 Å². The molecule has 0 aromatic heterocycles. The van der Waals surface area contributed by atoms with Gasteiger partial charge in [0.05, 0.1) is 10.7 Å². The predicted octanol–water partition coefficient (Wildman–Crippen LogP) is 2.18. The maximum Gasteiger partial charge on any atom is 0.308 e. The molecular formula is C20H32N2O6S2. The Labute approximate surface area is 186 Å². The number of esters is 1. The molecule has 0 bridgehead atoms. The van der Waals surface area contributed by atoms with E-state index in [0.717, 1.165) is 29.2 Å². The first kappa shape index (κ1) is 26.5. The highest BCUT2D eigenvalue weighted by molar-refractivity contribution is 8.77. The summed E-state index contributed by atoms with van der Waals surface area (Å²) >= 11 is 0. The molecule has 1 aliphatic rings. The summed E-state index contributed by atoms with van der Waals surface area (Å²) in [6, 6.07) is 0. The first-order valence-electron chi connectivity index (χ1n) is 9.97. The minimum Gasteiger partial charge on any atom is -0.464 e. The van der Waals surface area contributed by atoms with Crippen LogP contribution in [0.4, 0.5) is 0 Å². The highest BCUT2D eigenvalue weighted by Gasteiger charge is 2.25. The smallest absolute Gasteiger partial charge is 0.308 e. The number of ether oxygens (including phenoxy) is 2. The number of carbonyl (C=O) groups excluding carboxylic acids is 4. The summed E-state index contributed by atoms with van der Waals surface area (Å²) in [5.41, 5.74) is 0. The number of nitrogens with one attached hydrogen (secondary N) is 1. The standard InChI is InChI=1S/C20H32N2O6S2/c1-15(2)19(26)28-14-20(3,4)30-29-12-6-11-27-10-5-9-21-16(23)13-22-17(24)7-8-18(22)25/h7-8,15H,5-6,9-14H2,1-4H3,(H,21,23). The average Bonchev–Trinajstić information content (AvgIpc) is 2.99. The van der Waals surface area contributed by atoms with Gasteiger partial charge in [-0.3, -0.25) is 24.1 Å². The Morgan fingerprint density at radius 1 is 1.13 bits per heavy atom. The number of amides is 3. The topological polar surface area (TPSA) is 102 Å². The predicted molar refractivity (Wildman–Crippen MR) is 119 cm³/mol. The van der Waals surface area contributed by atoms with Crippen molar-refractivity contribution in [3.8, 4) is 0 Å². The highest BCUT2D eigenvalue weighted by Crippen LogP contribution is 2.36. The van der Waals surface area contributed by atoms with Crippen molar-refractivity contribution in [1.29, 1.82) is 0 Å². The van der Waals surface area contributed by atoms with Gasteiger partial charge < -0.3 is 14.8 Å². The molecule has 0 spiro atoms. The molecule has 0 radical (unpaired) electrons. The number of imide groups is 1. The lowest BCUT2D eigenvalue weighted by molar-refractivity contribution is -0.148. The molecule has 0 fully saturated rings. The van der Waals surface area contributed by atoms with E-state index in [2.05, 4.69) is 19.2 Å². The van der Waals surface area contributed by atoms with Crippen molar-refractivity contribution < 1.29 is 28.7 Å². The van der Waals surface area contributed by atoms with Crippen LogP contribution >= 0.6 is 21.6 Å². The van der Waals surface area contributed by atoms with E-state index >= 15 is 0 Å². The maximum absolute atomic E-state index is 11.7. The molecule has 3 amide bonds. The second-order valence-corrected chi connectivity index (χ2v) is 10.8. The van der Waals surface area contributed by atoms with Crippen molar-refractivity contribution in [2.75, 3.05) is 38.7 Å². The summed E-state index contributed by atoms with van der Waals surface area (Å²) in [6.07, 6.45) is 3.87. The Hall–Kier alpha value is -1.52. The van der Waals surface area contributed by atoms with Gasteiger partial charge in [-0.25, -0.2) is 0 Å². The molecule has 0 aromatic rings. The van der Waals surface area contributed by atoms with Crippen LogP contribution in [0.15, 0.2) is 12.2 Å². The van der Waals surface area contributed by atoms with E-state index in [1.165, 1.54) is 0 Å². The lowest BCUT2D eigenvalue weighted by Gasteiger charge is -2.23. The molecule has 1 N–H and O–H groups in total. The summed E-state index contributed by atoms with van der Waals surface area (Å²) in [5, 5.41) is 2.67. The van der Waals surface area contributed by atoms with Crippen molar-refractivity contribution in [3.05, 3.63) is 12.2 Å². The third-order valence-corrected chi connectivity index (χ3v) is 7.17. The summed E-state index contributed by atoms with van der Waals surface area (Å²) in [5.74, 6) is -0.651. The van der Waals surface area contributed by atoms with E-state index in [-0.39, 0.29) is 29.1 Å². The minimum atomic E-state index is -0.463. The SMILES string of the molecule is CC(C)C(=O)OCC(C)(C)SSCCCOCCCNC(=O)CN1C(=O)C=CC1=O. The van der Waals surface area contributed by atoms with Crippen LogP contribution in [-0.2, 0) is 28.7 Å². The summed E-state index contributed by atoms with van der Waals surface area (Å²) in [6.45, 7) is 9.46.